The first-order valence-corrected chi connectivity index (χ1v) is 10.2. The molecular weight excluding hydrogens is 437 g/mol. The Labute approximate surface area is 174 Å². The quantitative estimate of drug-likeness (QED) is 0.499. The van der Waals surface area contributed by atoms with Gasteiger partial charge in [-0.3, -0.25) is 14.4 Å². The smallest absolute Gasteiger partial charge is 0.433 e. The van der Waals surface area contributed by atoms with Crippen LogP contribution in [0.1, 0.15) is 5.69 Å². The van der Waals surface area contributed by atoms with E-state index < -0.39 is 21.9 Å². The number of fused-ring (bicyclic) bond motifs is 1. The molecule has 0 spiro atoms. The van der Waals surface area contributed by atoms with Crippen LogP contribution in [0.5, 0.6) is 5.75 Å². The Kier molecular flexibility index (Phi) is 4.84. The fourth-order valence-corrected chi connectivity index (χ4v) is 3.99. The van der Waals surface area contributed by atoms with Gasteiger partial charge in [0.2, 0.25) is 0 Å². The number of benzene rings is 1. The highest BCUT2D eigenvalue weighted by atomic mass is 32.2. The lowest BCUT2D eigenvalue weighted by Crippen LogP contribution is -2.13. The summed E-state index contributed by atoms with van der Waals surface area (Å²) in [5.74, 6) is 0.422. The summed E-state index contributed by atoms with van der Waals surface area (Å²) in [6.45, 7) is 0. The maximum absolute atomic E-state index is 12.9. The molecule has 1 N–H and O–H groups in total. The van der Waals surface area contributed by atoms with Crippen molar-refractivity contribution in [3.05, 3.63) is 54.7 Å². The molecule has 31 heavy (non-hydrogen) atoms. The van der Waals surface area contributed by atoms with Gasteiger partial charge >= 0.3 is 6.18 Å². The van der Waals surface area contributed by atoms with Crippen LogP contribution in [0.15, 0.2) is 53.9 Å². The number of nitrogens with zero attached hydrogens (tertiary/aromatic N) is 5. The molecule has 0 fully saturated rings. The van der Waals surface area contributed by atoms with Gasteiger partial charge in [-0.1, -0.05) is 0 Å². The van der Waals surface area contributed by atoms with Gasteiger partial charge in [-0.2, -0.15) is 23.4 Å². The maximum atomic E-state index is 12.9. The number of methoxy groups -OCH3 is 1. The molecule has 0 saturated heterocycles. The second-order valence-corrected chi connectivity index (χ2v) is 8.19. The standard InChI is InChI=1S/C18H15F3N6O3S/c1-26-17-11(8-23-26)5-13(30-2)7-15(17)25-31(28,29)14-9-24-27(10-14)12-3-4-22-16(6-12)18(19,20)21/h3-10,25H,1-2H3. The minimum Gasteiger partial charge on any atom is -0.497 e. The van der Waals surface area contributed by atoms with Crippen molar-refractivity contribution in [3.8, 4) is 11.4 Å². The maximum Gasteiger partial charge on any atom is 0.433 e. The van der Waals surface area contributed by atoms with E-state index in [9.17, 15) is 21.6 Å². The number of halogens is 3. The van der Waals surface area contributed by atoms with Crippen LogP contribution in [-0.4, -0.2) is 40.1 Å². The third-order valence-electron chi connectivity index (χ3n) is 4.45. The van der Waals surface area contributed by atoms with E-state index in [0.717, 1.165) is 29.3 Å². The van der Waals surface area contributed by atoms with Crippen molar-refractivity contribution in [2.45, 2.75) is 11.1 Å². The average Bonchev–Trinajstić information content (AvgIpc) is 3.35. The Morgan fingerprint density at radius 3 is 2.61 bits per heavy atom. The molecule has 3 aromatic heterocycles. The van der Waals surface area contributed by atoms with E-state index in [1.54, 1.807) is 19.3 Å². The van der Waals surface area contributed by atoms with Crippen LogP contribution in [0.25, 0.3) is 16.6 Å². The number of nitrogens with one attached hydrogen (secondary N) is 1. The minimum absolute atomic E-state index is 0.0131. The van der Waals surface area contributed by atoms with Crippen molar-refractivity contribution in [1.82, 2.24) is 24.5 Å². The number of rotatable bonds is 5. The molecule has 0 aliphatic heterocycles. The van der Waals surface area contributed by atoms with Crippen molar-refractivity contribution in [3.63, 3.8) is 0 Å². The highest BCUT2D eigenvalue weighted by Crippen LogP contribution is 2.31. The summed E-state index contributed by atoms with van der Waals surface area (Å²) in [5, 5.41) is 8.66. The van der Waals surface area contributed by atoms with Crippen molar-refractivity contribution in [2.75, 3.05) is 11.8 Å². The third-order valence-corrected chi connectivity index (χ3v) is 5.77. The largest absolute Gasteiger partial charge is 0.497 e. The number of ether oxygens (including phenoxy) is 1. The van der Waals surface area contributed by atoms with Gasteiger partial charge in [-0.05, 0) is 18.2 Å². The molecule has 1 aromatic carbocycles. The van der Waals surface area contributed by atoms with E-state index >= 15 is 0 Å². The predicted molar refractivity (Wildman–Crippen MR) is 104 cm³/mol. The van der Waals surface area contributed by atoms with Crippen LogP contribution >= 0.6 is 0 Å². The van der Waals surface area contributed by atoms with Crippen molar-refractivity contribution < 1.29 is 26.3 Å². The second kappa shape index (κ2) is 7.27. The SMILES string of the molecule is COc1cc(NS(=O)(=O)c2cnn(-c3ccnc(C(F)(F)F)c3)c2)c2c(cnn2C)c1. The highest BCUT2D eigenvalue weighted by molar-refractivity contribution is 7.92. The zero-order chi connectivity index (χ0) is 22.4. The van der Waals surface area contributed by atoms with Gasteiger partial charge < -0.3 is 4.74 Å². The van der Waals surface area contributed by atoms with Crippen LogP contribution < -0.4 is 9.46 Å². The summed E-state index contributed by atoms with van der Waals surface area (Å²) in [7, 11) is -1.01. The number of anilines is 1. The van der Waals surface area contributed by atoms with Crippen LogP contribution in [0, 0.1) is 0 Å². The number of hydrogen-bond donors (Lipinski definition) is 1. The van der Waals surface area contributed by atoms with Gasteiger partial charge in [0.05, 0.1) is 42.6 Å². The topological polar surface area (TPSA) is 104 Å². The van der Waals surface area contributed by atoms with Gasteiger partial charge in [0.15, 0.2) is 0 Å². The lowest BCUT2D eigenvalue weighted by Gasteiger charge is -2.11. The van der Waals surface area contributed by atoms with E-state index in [1.165, 1.54) is 23.9 Å². The summed E-state index contributed by atoms with van der Waals surface area (Å²) < 4.78 is 74.7. The molecule has 0 unspecified atom stereocenters. The number of aryl methyl sites for hydroxylation is 1. The second-order valence-electron chi connectivity index (χ2n) is 6.50. The summed E-state index contributed by atoms with van der Waals surface area (Å²) in [5.41, 5.74) is -0.344. The van der Waals surface area contributed by atoms with Gasteiger partial charge in [-0.15, -0.1) is 0 Å². The van der Waals surface area contributed by atoms with Crippen LogP contribution in [0.3, 0.4) is 0 Å². The molecule has 0 bridgehead atoms. The summed E-state index contributed by atoms with van der Waals surface area (Å²) in [6, 6.07) is 5.27. The Balaban J connectivity index is 1.70. The van der Waals surface area contributed by atoms with Gasteiger partial charge in [0, 0.05) is 24.7 Å². The van der Waals surface area contributed by atoms with Crippen LogP contribution in [-0.2, 0) is 23.2 Å². The Morgan fingerprint density at radius 1 is 1.13 bits per heavy atom. The predicted octanol–water partition coefficient (Wildman–Crippen LogP) is 2.98. The first-order chi connectivity index (χ1) is 14.6. The third kappa shape index (κ3) is 3.91. The van der Waals surface area contributed by atoms with E-state index in [0.29, 0.717) is 16.7 Å². The molecule has 0 aliphatic carbocycles. The Hall–Kier alpha value is -3.61. The molecule has 4 aromatic rings. The monoisotopic (exact) mass is 452 g/mol. The lowest BCUT2D eigenvalue weighted by molar-refractivity contribution is -0.141. The van der Waals surface area contributed by atoms with Crippen molar-refractivity contribution in [2.24, 2.45) is 7.05 Å². The number of hydrogen-bond acceptors (Lipinski definition) is 6. The molecule has 0 radical (unpaired) electrons. The van der Waals surface area contributed by atoms with E-state index in [-0.39, 0.29) is 16.3 Å². The number of alkyl halides is 3. The minimum atomic E-state index is -4.64. The summed E-state index contributed by atoms with van der Waals surface area (Å²) in [4.78, 5) is 3.04. The fraction of sp³-hybridized carbons (Fsp3) is 0.167. The number of pyridine rings is 1. The molecule has 162 valence electrons. The molecule has 0 atom stereocenters. The van der Waals surface area contributed by atoms with Crippen LogP contribution in [0.2, 0.25) is 0 Å². The van der Waals surface area contributed by atoms with Crippen LogP contribution in [0.4, 0.5) is 18.9 Å². The Bertz CT molecular complexity index is 1380. The first kappa shape index (κ1) is 20.7. The number of sulfonamides is 1. The highest BCUT2D eigenvalue weighted by Gasteiger charge is 2.32. The molecule has 9 nitrogen and oxygen atoms in total. The lowest BCUT2D eigenvalue weighted by atomic mass is 10.2. The normalized spacial score (nSPS) is 12.3. The number of aromatic nitrogens is 5. The average molecular weight is 452 g/mol. The zero-order valence-corrected chi connectivity index (χ0v) is 16.9. The summed E-state index contributed by atoms with van der Waals surface area (Å²) in [6.07, 6.45) is 0.0481. The van der Waals surface area contributed by atoms with Crippen molar-refractivity contribution in [1.29, 1.82) is 0 Å². The van der Waals surface area contributed by atoms with Gasteiger partial charge in [0.1, 0.15) is 16.3 Å². The molecular formula is C18H15F3N6O3S. The molecule has 0 aliphatic rings. The molecule has 3 heterocycles. The molecule has 0 amide bonds. The summed E-state index contributed by atoms with van der Waals surface area (Å²) >= 11 is 0. The molecule has 13 heteroatoms. The zero-order valence-electron chi connectivity index (χ0n) is 16.1. The van der Waals surface area contributed by atoms with Gasteiger partial charge in [-0.25, -0.2) is 13.1 Å². The van der Waals surface area contributed by atoms with E-state index in [2.05, 4.69) is 19.9 Å². The fourth-order valence-electron chi connectivity index (χ4n) is 3.00. The van der Waals surface area contributed by atoms with E-state index in [4.69, 9.17) is 4.74 Å². The molecule has 4 rings (SSSR count). The van der Waals surface area contributed by atoms with E-state index in [1.807, 2.05) is 0 Å². The van der Waals surface area contributed by atoms with Crippen molar-refractivity contribution >= 4 is 26.6 Å². The Morgan fingerprint density at radius 2 is 1.90 bits per heavy atom. The molecule has 0 saturated carbocycles. The first-order valence-electron chi connectivity index (χ1n) is 8.69. The van der Waals surface area contributed by atoms with Gasteiger partial charge in [0.25, 0.3) is 10.0 Å².